The molecule has 1 heterocycles. The van der Waals surface area contributed by atoms with Crippen LogP contribution in [0.15, 0.2) is 47.4 Å². The molecule has 0 aliphatic carbocycles. The van der Waals surface area contributed by atoms with Gasteiger partial charge in [0.25, 0.3) is 11.5 Å². The van der Waals surface area contributed by atoms with Gasteiger partial charge in [0.2, 0.25) is 0 Å². The quantitative estimate of drug-likeness (QED) is 0.852. The lowest BCUT2D eigenvalue weighted by Gasteiger charge is -2.14. The summed E-state index contributed by atoms with van der Waals surface area (Å²) in [4.78, 5) is 24.7. The lowest BCUT2D eigenvalue weighted by Crippen LogP contribution is -2.40. The molecule has 2 rings (SSSR count). The number of aryl methyl sites for hydroxylation is 1. The summed E-state index contributed by atoms with van der Waals surface area (Å²) in [5.41, 5.74) is 1.89. The first-order valence-corrected chi connectivity index (χ1v) is 7.72. The number of nitrogens with one attached hydrogen (secondary N) is 1. The van der Waals surface area contributed by atoms with E-state index in [0.717, 1.165) is 11.1 Å². The van der Waals surface area contributed by atoms with Gasteiger partial charge in [-0.1, -0.05) is 36.8 Å². The predicted octanol–water partition coefficient (Wildman–Crippen LogP) is 1.71. The minimum Gasteiger partial charge on any atom is -0.394 e. The van der Waals surface area contributed by atoms with Crippen LogP contribution in [0.4, 0.5) is 0 Å². The van der Waals surface area contributed by atoms with Crippen molar-refractivity contribution < 1.29 is 9.90 Å². The Balaban J connectivity index is 2.24. The maximum Gasteiger partial charge on any atom is 0.263 e. The van der Waals surface area contributed by atoms with Crippen molar-refractivity contribution in [2.24, 2.45) is 0 Å². The molecule has 0 aliphatic rings. The Kier molecular flexibility index (Phi) is 5.71. The SMILES string of the molecule is CCC(CO)NC(=O)c1cccn(Cc2cccc(C)c2)c1=O. The number of hydrogen-bond donors (Lipinski definition) is 2. The summed E-state index contributed by atoms with van der Waals surface area (Å²) >= 11 is 0. The molecule has 2 aromatic rings. The van der Waals surface area contributed by atoms with Crippen molar-refractivity contribution in [1.82, 2.24) is 9.88 Å². The first-order chi connectivity index (χ1) is 11.0. The van der Waals surface area contributed by atoms with Crippen LogP contribution < -0.4 is 10.9 Å². The highest BCUT2D eigenvalue weighted by Crippen LogP contribution is 2.05. The van der Waals surface area contributed by atoms with E-state index in [-0.39, 0.29) is 23.8 Å². The number of amides is 1. The second-order valence-electron chi connectivity index (χ2n) is 5.61. The second kappa shape index (κ2) is 7.74. The van der Waals surface area contributed by atoms with E-state index in [1.807, 2.05) is 38.1 Å². The molecule has 5 nitrogen and oxygen atoms in total. The first-order valence-electron chi connectivity index (χ1n) is 7.72. The number of benzene rings is 1. The van der Waals surface area contributed by atoms with E-state index in [4.69, 9.17) is 5.11 Å². The number of aliphatic hydroxyl groups excluding tert-OH is 1. The van der Waals surface area contributed by atoms with Gasteiger partial charge in [-0.3, -0.25) is 9.59 Å². The van der Waals surface area contributed by atoms with Crippen LogP contribution in [0.2, 0.25) is 0 Å². The molecule has 1 atom stereocenters. The maximum atomic E-state index is 12.5. The number of rotatable bonds is 6. The number of aromatic nitrogens is 1. The minimum atomic E-state index is -0.450. The molecule has 0 radical (unpaired) electrons. The van der Waals surface area contributed by atoms with Crippen molar-refractivity contribution in [2.75, 3.05) is 6.61 Å². The third-order valence-electron chi connectivity index (χ3n) is 3.75. The lowest BCUT2D eigenvalue weighted by atomic mass is 10.1. The summed E-state index contributed by atoms with van der Waals surface area (Å²) in [6.07, 6.45) is 2.28. The van der Waals surface area contributed by atoms with E-state index < -0.39 is 5.91 Å². The third-order valence-corrected chi connectivity index (χ3v) is 3.75. The highest BCUT2D eigenvalue weighted by atomic mass is 16.3. The molecular formula is C18H22N2O3. The summed E-state index contributed by atoms with van der Waals surface area (Å²) < 4.78 is 1.52. The van der Waals surface area contributed by atoms with Gasteiger partial charge in [0.15, 0.2) is 0 Å². The van der Waals surface area contributed by atoms with Crippen LogP contribution in [-0.4, -0.2) is 28.2 Å². The number of nitrogens with zero attached hydrogens (tertiary/aromatic N) is 1. The Hall–Kier alpha value is -2.40. The fourth-order valence-corrected chi connectivity index (χ4v) is 2.38. The Morgan fingerprint density at radius 3 is 2.74 bits per heavy atom. The highest BCUT2D eigenvalue weighted by Gasteiger charge is 2.15. The molecule has 23 heavy (non-hydrogen) atoms. The fourth-order valence-electron chi connectivity index (χ4n) is 2.38. The van der Waals surface area contributed by atoms with Gasteiger partial charge in [0, 0.05) is 6.20 Å². The first kappa shape index (κ1) is 17.0. The van der Waals surface area contributed by atoms with Crippen molar-refractivity contribution >= 4 is 5.91 Å². The molecule has 122 valence electrons. The van der Waals surface area contributed by atoms with Crippen LogP contribution >= 0.6 is 0 Å². The molecule has 1 unspecified atom stereocenters. The van der Waals surface area contributed by atoms with Crippen molar-refractivity contribution in [2.45, 2.75) is 32.9 Å². The summed E-state index contributed by atoms with van der Waals surface area (Å²) in [7, 11) is 0. The minimum absolute atomic E-state index is 0.0899. The van der Waals surface area contributed by atoms with Crippen LogP contribution in [0.1, 0.15) is 34.8 Å². The zero-order valence-electron chi connectivity index (χ0n) is 13.5. The second-order valence-corrected chi connectivity index (χ2v) is 5.61. The van der Waals surface area contributed by atoms with Crippen LogP contribution in [0, 0.1) is 6.92 Å². The molecule has 0 fully saturated rings. The molecular weight excluding hydrogens is 292 g/mol. The summed E-state index contributed by atoms with van der Waals surface area (Å²) in [6.45, 7) is 4.13. The van der Waals surface area contributed by atoms with Gasteiger partial charge in [-0.2, -0.15) is 0 Å². The summed E-state index contributed by atoms with van der Waals surface area (Å²) in [5.74, 6) is -0.450. The van der Waals surface area contributed by atoms with E-state index in [0.29, 0.717) is 13.0 Å². The van der Waals surface area contributed by atoms with Gasteiger partial charge in [-0.15, -0.1) is 0 Å². The molecule has 5 heteroatoms. The number of aliphatic hydroxyl groups is 1. The molecule has 0 aliphatic heterocycles. The average Bonchev–Trinajstić information content (AvgIpc) is 2.54. The monoisotopic (exact) mass is 314 g/mol. The summed E-state index contributed by atoms with van der Waals surface area (Å²) in [5, 5.41) is 11.8. The number of hydrogen-bond acceptors (Lipinski definition) is 3. The Bertz CT molecular complexity index is 733. The number of carbonyl (C=O) groups excluding carboxylic acids is 1. The molecule has 0 saturated heterocycles. The Morgan fingerprint density at radius 2 is 2.09 bits per heavy atom. The van der Waals surface area contributed by atoms with E-state index in [1.165, 1.54) is 10.6 Å². The van der Waals surface area contributed by atoms with Crippen molar-refractivity contribution in [3.63, 3.8) is 0 Å². The zero-order valence-corrected chi connectivity index (χ0v) is 13.5. The molecule has 0 bridgehead atoms. The molecule has 1 aromatic carbocycles. The van der Waals surface area contributed by atoms with Gasteiger partial charge < -0.3 is 15.0 Å². The Morgan fingerprint density at radius 1 is 1.30 bits per heavy atom. The van der Waals surface area contributed by atoms with E-state index in [9.17, 15) is 9.59 Å². The summed E-state index contributed by atoms with van der Waals surface area (Å²) in [6, 6.07) is 10.8. The fraction of sp³-hybridized carbons (Fsp3) is 0.333. The lowest BCUT2D eigenvalue weighted by molar-refractivity contribution is 0.0913. The van der Waals surface area contributed by atoms with Crippen LogP contribution in [0.3, 0.4) is 0 Å². The Labute approximate surface area is 135 Å². The van der Waals surface area contributed by atoms with E-state index >= 15 is 0 Å². The molecule has 0 saturated carbocycles. The molecule has 1 amide bonds. The number of carbonyl (C=O) groups is 1. The van der Waals surface area contributed by atoms with Gasteiger partial charge in [0.1, 0.15) is 5.56 Å². The van der Waals surface area contributed by atoms with Gasteiger partial charge in [0.05, 0.1) is 19.2 Å². The van der Waals surface area contributed by atoms with Crippen LogP contribution in [0.25, 0.3) is 0 Å². The topological polar surface area (TPSA) is 71.3 Å². The third kappa shape index (κ3) is 4.29. The average molecular weight is 314 g/mol. The van der Waals surface area contributed by atoms with Crippen molar-refractivity contribution in [3.8, 4) is 0 Å². The molecule has 2 N–H and O–H groups in total. The predicted molar refractivity (Wildman–Crippen MR) is 89.6 cm³/mol. The normalized spacial score (nSPS) is 12.0. The van der Waals surface area contributed by atoms with Gasteiger partial charge in [-0.25, -0.2) is 0 Å². The van der Waals surface area contributed by atoms with Crippen LogP contribution in [-0.2, 0) is 6.54 Å². The number of pyridine rings is 1. The molecule has 0 spiro atoms. The largest absolute Gasteiger partial charge is 0.394 e. The van der Waals surface area contributed by atoms with E-state index in [2.05, 4.69) is 5.32 Å². The zero-order chi connectivity index (χ0) is 16.8. The molecule has 1 aromatic heterocycles. The van der Waals surface area contributed by atoms with Crippen LogP contribution in [0.5, 0.6) is 0 Å². The van der Waals surface area contributed by atoms with E-state index in [1.54, 1.807) is 12.3 Å². The highest BCUT2D eigenvalue weighted by molar-refractivity contribution is 5.94. The van der Waals surface area contributed by atoms with Crippen molar-refractivity contribution in [1.29, 1.82) is 0 Å². The van der Waals surface area contributed by atoms with Gasteiger partial charge in [-0.05, 0) is 31.0 Å². The maximum absolute atomic E-state index is 12.5. The van der Waals surface area contributed by atoms with Gasteiger partial charge >= 0.3 is 0 Å². The smallest absolute Gasteiger partial charge is 0.263 e. The standard InChI is InChI=1S/C18H22N2O3/c1-3-15(12-21)19-17(22)16-8-5-9-20(18(16)23)11-14-7-4-6-13(2)10-14/h4-10,15,21H,3,11-12H2,1-2H3,(H,19,22). The van der Waals surface area contributed by atoms with Crippen molar-refractivity contribution in [3.05, 3.63) is 69.6 Å².